The van der Waals surface area contributed by atoms with Crippen LogP contribution in [0.4, 0.5) is 0 Å². The second-order valence-electron chi connectivity index (χ2n) is 6.07. The number of carbonyl (C=O) groups is 1. The standard InChI is InChI=1S/C15H26O2/c1-3-4-6-12-8-10-15(14(16)17-2)9-5-7-13(12)11-15/h12-13H,3-11H2,1-2H3. The zero-order valence-electron chi connectivity index (χ0n) is 11.3. The molecule has 2 saturated carbocycles. The number of hydrogen-bond acceptors (Lipinski definition) is 2. The first-order chi connectivity index (χ1) is 8.22. The minimum Gasteiger partial charge on any atom is -0.469 e. The molecule has 3 unspecified atom stereocenters. The molecule has 0 amide bonds. The Labute approximate surface area is 105 Å². The third-order valence-electron chi connectivity index (χ3n) is 5.09. The summed E-state index contributed by atoms with van der Waals surface area (Å²) in [5.74, 6) is 1.74. The van der Waals surface area contributed by atoms with Gasteiger partial charge in [0.15, 0.2) is 0 Å². The normalized spacial score (nSPS) is 36.6. The van der Waals surface area contributed by atoms with Crippen molar-refractivity contribution in [3.05, 3.63) is 0 Å². The summed E-state index contributed by atoms with van der Waals surface area (Å²) in [6, 6.07) is 0. The van der Waals surface area contributed by atoms with Crippen molar-refractivity contribution in [2.24, 2.45) is 17.3 Å². The molecule has 0 N–H and O–H groups in total. The molecule has 0 radical (unpaired) electrons. The molecular weight excluding hydrogens is 212 g/mol. The first kappa shape index (κ1) is 12.9. The van der Waals surface area contributed by atoms with Crippen LogP contribution < -0.4 is 0 Å². The van der Waals surface area contributed by atoms with Gasteiger partial charge in [-0.25, -0.2) is 0 Å². The Morgan fingerprint density at radius 2 is 2.18 bits per heavy atom. The van der Waals surface area contributed by atoms with E-state index in [-0.39, 0.29) is 11.4 Å². The first-order valence-electron chi connectivity index (χ1n) is 7.30. The minimum atomic E-state index is -0.0968. The average Bonchev–Trinajstić information content (AvgIpc) is 2.37. The average molecular weight is 238 g/mol. The highest BCUT2D eigenvalue weighted by Gasteiger charge is 2.48. The third-order valence-corrected chi connectivity index (χ3v) is 5.09. The van der Waals surface area contributed by atoms with Crippen molar-refractivity contribution < 1.29 is 9.53 Å². The van der Waals surface area contributed by atoms with E-state index >= 15 is 0 Å². The van der Waals surface area contributed by atoms with Gasteiger partial charge in [0.2, 0.25) is 0 Å². The zero-order chi connectivity index (χ0) is 12.3. The van der Waals surface area contributed by atoms with Crippen LogP contribution in [0, 0.1) is 17.3 Å². The van der Waals surface area contributed by atoms with Gasteiger partial charge in [-0.15, -0.1) is 0 Å². The molecule has 17 heavy (non-hydrogen) atoms. The van der Waals surface area contributed by atoms with E-state index in [1.165, 1.54) is 38.5 Å². The van der Waals surface area contributed by atoms with E-state index in [0.29, 0.717) is 0 Å². The molecule has 98 valence electrons. The molecule has 0 aromatic carbocycles. The van der Waals surface area contributed by atoms with E-state index in [1.807, 2.05) is 0 Å². The van der Waals surface area contributed by atoms with Crippen LogP contribution in [-0.4, -0.2) is 13.1 Å². The number of esters is 1. The van der Waals surface area contributed by atoms with E-state index in [0.717, 1.165) is 31.1 Å². The topological polar surface area (TPSA) is 26.3 Å². The van der Waals surface area contributed by atoms with Gasteiger partial charge in [-0.2, -0.15) is 0 Å². The second kappa shape index (κ2) is 5.41. The molecule has 3 atom stereocenters. The lowest BCUT2D eigenvalue weighted by atomic mass is 9.58. The van der Waals surface area contributed by atoms with Crippen LogP contribution in [0.2, 0.25) is 0 Å². The van der Waals surface area contributed by atoms with Crippen LogP contribution in [0.3, 0.4) is 0 Å². The molecule has 2 bridgehead atoms. The number of fused-ring (bicyclic) bond motifs is 2. The van der Waals surface area contributed by atoms with E-state index < -0.39 is 0 Å². The number of rotatable bonds is 4. The van der Waals surface area contributed by atoms with Crippen molar-refractivity contribution in [2.75, 3.05) is 7.11 Å². The Kier molecular flexibility index (Phi) is 4.11. The predicted octanol–water partition coefficient (Wildman–Crippen LogP) is 3.94. The van der Waals surface area contributed by atoms with Crippen LogP contribution in [0.15, 0.2) is 0 Å². The van der Waals surface area contributed by atoms with Crippen LogP contribution in [-0.2, 0) is 9.53 Å². The summed E-state index contributed by atoms with van der Waals surface area (Å²) in [5, 5.41) is 0. The monoisotopic (exact) mass is 238 g/mol. The molecule has 0 spiro atoms. The van der Waals surface area contributed by atoms with Gasteiger partial charge in [0.05, 0.1) is 12.5 Å². The number of hydrogen-bond donors (Lipinski definition) is 0. The minimum absolute atomic E-state index is 0.0659. The van der Waals surface area contributed by atoms with Gasteiger partial charge in [0.25, 0.3) is 0 Å². The SMILES string of the molecule is CCCCC1CCC2(C(=O)OC)CCCC1C2. The van der Waals surface area contributed by atoms with Crippen molar-refractivity contribution in [3.63, 3.8) is 0 Å². The van der Waals surface area contributed by atoms with Crippen LogP contribution in [0.25, 0.3) is 0 Å². The molecule has 2 aliphatic carbocycles. The molecule has 0 aromatic heterocycles. The van der Waals surface area contributed by atoms with Crippen LogP contribution >= 0.6 is 0 Å². The highest BCUT2D eigenvalue weighted by atomic mass is 16.5. The van der Waals surface area contributed by atoms with E-state index in [9.17, 15) is 4.79 Å². The van der Waals surface area contributed by atoms with E-state index in [1.54, 1.807) is 7.11 Å². The summed E-state index contributed by atoms with van der Waals surface area (Å²) < 4.78 is 5.04. The lowest BCUT2D eigenvalue weighted by Gasteiger charge is -2.47. The maximum absolute atomic E-state index is 12.0. The maximum atomic E-state index is 12.0. The molecular formula is C15H26O2. The van der Waals surface area contributed by atoms with Crippen molar-refractivity contribution in [1.29, 1.82) is 0 Å². The first-order valence-corrected chi connectivity index (χ1v) is 7.30. The fraction of sp³-hybridized carbons (Fsp3) is 0.933. The molecule has 0 heterocycles. The Morgan fingerprint density at radius 1 is 1.35 bits per heavy atom. The maximum Gasteiger partial charge on any atom is 0.311 e. The molecule has 0 aliphatic heterocycles. The van der Waals surface area contributed by atoms with Crippen molar-refractivity contribution >= 4 is 5.97 Å². The fourth-order valence-corrected chi connectivity index (χ4v) is 4.09. The molecule has 2 aliphatic rings. The van der Waals surface area contributed by atoms with E-state index in [2.05, 4.69) is 6.92 Å². The highest BCUT2D eigenvalue weighted by molar-refractivity contribution is 5.77. The Balaban J connectivity index is 2.01. The van der Waals surface area contributed by atoms with Crippen molar-refractivity contribution in [2.45, 2.75) is 64.7 Å². The summed E-state index contributed by atoms with van der Waals surface area (Å²) in [5.41, 5.74) is -0.0968. The van der Waals surface area contributed by atoms with Crippen LogP contribution in [0.5, 0.6) is 0 Å². The molecule has 2 rings (SSSR count). The smallest absolute Gasteiger partial charge is 0.311 e. The van der Waals surface area contributed by atoms with Gasteiger partial charge >= 0.3 is 5.97 Å². The highest BCUT2D eigenvalue weighted by Crippen LogP contribution is 2.52. The van der Waals surface area contributed by atoms with Crippen molar-refractivity contribution in [1.82, 2.24) is 0 Å². The van der Waals surface area contributed by atoms with Gasteiger partial charge in [-0.3, -0.25) is 4.79 Å². The lowest BCUT2D eigenvalue weighted by molar-refractivity contribution is -0.160. The van der Waals surface area contributed by atoms with Gasteiger partial charge in [0, 0.05) is 0 Å². The second-order valence-corrected chi connectivity index (χ2v) is 6.07. The molecule has 2 heteroatoms. The van der Waals surface area contributed by atoms with Gasteiger partial charge in [-0.05, 0) is 37.5 Å². The summed E-state index contributed by atoms with van der Waals surface area (Å²) in [6.45, 7) is 2.27. The summed E-state index contributed by atoms with van der Waals surface area (Å²) in [6.07, 6.45) is 11.1. The third kappa shape index (κ3) is 2.51. The predicted molar refractivity (Wildman–Crippen MR) is 68.7 cm³/mol. The summed E-state index contributed by atoms with van der Waals surface area (Å²) in [4.78, 5) is 12.0. The Morgan fingerprint density at radius 3 is 2.88 bits per heavy atom. The molecule has 2 fully saturated rings. The fourth-order valence-electron chi connectivity index (χ4n) is 4.09. The lowest BCUT2D eigenvalue weighted by Crippen LogP contribution is -2.43. The van der Waals surface area contributed by atoms with Gasteiger partial charge < -0.3 is 4.74 Å². The van der Waals surface area contributed by atoms with Crippen LogP contribution in [0.1, 0.15) is 64.7 Å². The Bertz CT molecular complexity index is 274. The van der Waals surface area contributed by atoms with Gasteiger partial charge in [0.1, 0.15) is 0 Å². The number of carbonyl (C=O) groups excluding carboxylic acids is 1. The quantitative estimate of drug-likeness (QED) is 0.693. The Hall–Kier alpha value is -0.530. The number of ether oxygens (including phenoxy) is 1. The number of unbranched alkanes of at least 4 members (excludes halogenated alkanes) is 1. The molecule has 0 aromatic rings. The largest absolute Gasteiger partial charge is 0.469 e. The van der Waals surface area contributed by atoms with E-state index in [4.69, 9.17) is 4.74 Å². The zero-order valence-corrected chi connectivity index (χ0v) is 11.3. The van der Waals surface area contributed by atoms with Gasteiger partial charge in [-0.1, -0.05) is 39.0 Å². The molecule has 0 saturated heterocycles. The molecule has 2 nitrogen and oxygen atoms in total. The van der Waals surface area contributed by atoms with Crippen molar-refractivity contribution in [3.8, 4) is 0 Å². The summed E-state index contributed by atoms with van der Waals surface area (Å²) >= 11 is 0. The number of methoxy groups -OCH3 is 1. The summed E-state index contributed by atoms with van der Waals surface area (Å²) in [7, 11) is 1.55.